The fourth-order valence-electron chi connectivity index (χ4n) is 1.09. The standard InChI is InChI=1S/C9H4Cl3IN4/c10-4-1-2-6(5(13)3-4)14-9-16-7(11)15-8(12)17-9/h1-3H,(H,14,15,16,17). The van der Waals surface area contributed by atoms with Gasteiger partial charge in [0.25, 0.3) is 0 Å². The van der Waals surface area contributed by atoms with Crippen molar-refractivity contribution in [3.8, 4) is 0 Å². The molecule has 2 rings (SSSR count). The maximum atomic E-state index is 5.85. The van der Waals surface area contributed by atoms with Crippen LogP contribution < -0.4 is 5.32 Å². The highest BCUT2D eigenvalue weighted by Crippen LogP contribution is 2.24. The van der Waals surface area contributed by atoms with Gasteiger partial charge in [-0.2, -0.15) is 15.0 Å². The number of hydrogen-bond donors (Lipinski definition) is 1. The molecule has 0 aliphatic carbocycles. The molecule has 0 saturated heterocycles. The number of rotatable bonds is 2. The zero-order chi connectivity index (χ0) is 12.4. The Morgan fingerprint density at radius 1 is 1.00 bits per heavy atom. The molecule has 1 aromatic heterocycles. The molecule has 2 aromatic rings. The second-order valence-electron chi connectivity index (χ2n) is 2.95. The second kappa shape index (κ2) is 5.51. The van der Waals surface area contributed by atoms with Gasteiger partial charge in [-0.05, 0) is 64.0 Å². The SMILES string of the molecule is Clc1ccc(Nc2nc(Cl)nc(Cl)n2)c(I)c1. The van der Waals surface area contributed by atoms with E-state index in [0.29, 0.717) is 5.02 Å². The Morgan fingerprint density at radius 2 is 1.65 bits per heavy atom. The molecule has 0 amide bonds. The number of hydrogen-bond acceptors (Lipinski definition) is 4. The van der Waals surface area contributed by atoms with E-state index in [4.69, 9.17) is 34.8 Å². The molecule has 0 unspecified atom stereocenters. The van der Waals surface area contributed by atoms with Crippen molar-refractivity contribution < 1.29 is 0 Å². The molecule has 1 heterocycles. The molecule has 88 valence electrons. The summed E-state index contributed by atoms with van der Waals surface area (Å²) in [5.41, 5.74) is 0.813. The van der Waals surface area contributed by atoms with Gasteiger partial charge in [0.05, 0.1) is 5.69 Å². The van der Waals surface area contributed by atoms with Gasteiger partial charge in [-0.1, -0.05) is 11.6 Å². The maximum absolute atomic E-state index is 5.85. The topological polar surface area (TPSA) is 50.7 Å². The summed E-state index contributed by atoms with van der Waals surface area (Å²) in [5.74, 6) is 0.287. The molecule has 1 aromatic carbocycles. The number of benzene rings is 1. The van der Waals surface area contributed by atoms with Gasteiger partial charge in [-0.15, -0.1) is 0 Å². The molecule has 0 aliphatic heterocycles. The van der Waals surface area contributed by atoms with Crippen molar-refractivity contribution in [3.63, 3.8) is 0 Å². The van der Waals surface area contributed by atoms with Gasteiger partial charge in [0.2, 0.25) is 16.5 Å². The lowest BCUT2D eigenvalue weighted by atomic mass is 10.3. The lowest BCUT2D eigenvalue weighted by Gasteiger charge is -2.07. The van der Waals surface area contributed by atoms with Gasteiger partial charge in [0.1, 0.15) is 0 Å². The van der Waals surface area contributed by atoms with Gasteiger partial charge in [0.15, 0.2) is 0 Å². The Morgan fingerprint density at radius 3 is 2.24 bits per heavy atom. The van der Waals surface area contributed by atoms with Crippen molar-refractivity contribution in [1.29, 1.82) is 0 Å². The average Bonchev–Trinajstić information content (AvgIpc) is 2.21. The quantitative estimate of drug-likeness (QED) is 0.767. The molecule has 0 bridgehead atoms. The number of halogens is 4. The first-order chi connectivity index (χ1) is 8.04. The minimum absolute atomic E-state index is 0.0384. The Kier molecular flexibility index (Phi) is 4.24. The van der Waals surface area contributed by atoms with E-state index in [1.807, 2.05) is 12.1 Å². The van der Waals surface area contributed by atoms with Gasteiger partial charge in [-0.25, -0.2) is 0 Å². The van der Waals surface area contributed by atoms with E-state index < -0.39 is 0 Å². The van der Waals surface area contributed by atoms with Gasteiger partial charge >= 0.3 is 0 Å². The third-order valence-corrected chi connectivity index (χ3v) is 3.22. The monoisotopic (exact) mass is 400 g/mol. The molecule has 1 N–H and O–H groups in total. The van der Waals surface area contributed by atoms with Crippen LogP contribution in [-0.2, 0) is 0 Å². The minimum atomic E-state index is 0.0384. The highest BCUT2D eigenvalue weighted by molar-refractivity contribution is 14.1. The molecular weight excluding hydrogens is 397 g/mol. The van der Waals surface area contributed by atoms with E-state index in [-0.39, 0.29) is 16.5 Å². The van der Waals surface area contributed by atoms with Crippen LogP contribution in [0, 0.1) is 3.57 Å². The lowest BCUT2D eigenvalue weighted by Crippen LogP contribution is -2.00. The molecule has 8 heteroatoms. The molecule has 0 radical (unpaired) electrons. The molecule has 0 saturated carbocycles. The second-order valence-corrected chi connectivity index (χ2v) is 5.22. The van der Waals surface area contributed by atoms with E-state index in [1.165, 1.54) is 0 Å². The number of nitrogens with zero attached hydrogens (tertiary/aromatic N) is 3. The highest BCUT2D eigenvalue weighted by atomic mass is 127. The fourth-order valence-corrected chi connectivity index (χ4v) is 2.46. The first-order valence-corrected chi connectivity index (χ1v) is 6.55. The summed E-state index contributed by atoms with van der Waals surface area (Å²) < 4.78 is 0.933. The number of anilines is 2. The summed E-state index contributed by atoms with van der Waals surface area (Å²) >= 11 is 19.3. The Labute approximate surface area is 126 Å². The average molecular weight is 401 g/mol. The molecule has 0 aliphatic rings. The minimum Gasteiger partial charge on any atom is -0.323 e. The molecule has 0 spiro atoms. The normalized spacial score (nSPS) is 10.4. The summed E-state index contributed by atoms with van der Waals surface area (Å²) in [5, 5.41) is 3.72. The van der Waals surface area contributed by atoms with Crippen LogP contribution in [-0.4, -0.2) is 15.0 Å². The van der Waals surface area contributed by atoms with Gasteiger partial charge in [-0.3, -0.25) is 0 Å². The smallest absolute Gasteiger partial charge is 0.232 e. The van der Waals surface area contributed by atoms with E-state index in [1.54, 1.807) is 6.07 Å². The van der Waals surface area contributed by atoms with E-state index in [2.05, 4.69) is 42.9 Å². The molecule has 0 fully saturated rings. The molecule has 0 atom stereocenters. The van der Waals surface area contributed by atoms with E-state index in [9.17, 15) is 0 Å². The van der Waals surface area contributed by atoms with Crippen LogP contribution in [0.5, 0.6) is 0 Å². The first kappa shape index (κ1) is 13.1. The third kappa shape index (κ3) is 3.54. The largest absolute Gasteiger partial charge is 0.323 e. The molecular formula is C9H4Cl3IN4. The zero-order valence-electron chi connectivity index (χ0n) is 8.09. The van der Waals surface area contributed by atoms with Gasteiger partial charge < -0.3 is 5.32 Å². The van der Waals surface area contributed by atoms with Crippen LogP contribution >= 0.6 is 57.4 Å². The lowest BCUT2D eigenvalue weighted by molar-refractivity contribution is 1.05. The summed E-state index contributed by atoms with van der Waals surface area (Å²) in [4.78, 5) is 11.5. The zero-order valence-corrected chi connectivity index (χ0v) is 12.5. The maximum Gasteiger partial charge on any atom is 0.232 e. The fraction of sp³-hybridized carbons (Fsp3) is 0. The first-order valence-electron chi connectivity index (χ1n) is 4.34. The molecule has 17 heavy (non-hydrogen) atoms. The van der Waals surface area contributed by atoms with Crippen LogP contribution in [0.1, 0.15) is 0 Å². The van der Waals surface area contributed by atoms with Crippen molar-refractivity contribution in [2.75, 3.05) is 5.32 Å². The molecule has 4 nitrogen and oxygen atoms in total. The predicted molar refractivity (Wildman–Crippen MR) is 77.3 cm³/mol. The van der Waals surface area contributed by atoms with Crippen molar-refractivity contribution in [2.45, 2.75) is 0 Å². The predicted octanol–water partition coefficient (Wildman–Crippen LogP) is 4.18. The van der Waals surface area contributed by atoms with E-state index in [0.717, 1.165) is 9.26 Å². The van der Waals surface area contributed by atoms with Crippen LogP contribution in [0.15, 0.2) is 18.2 Å². The van der Waals surface area contributed by atoms with Crippen molar-refractivity contribution >= 4 is 69.0 Å². The van der Waals surface area contributed by atoms with Crippen LogP contribution in [0.2, 0.25) is 15.6 Å². The Balaban J connectivity index is 2.31. The van der Waals surface area contributed by atoms with Crippen molar-refractivity contribution in [1.82, 2.24) is 15.0 Å². The summed E-state index contributed by atoms with van der Waals surface area (Å²) in [7, 11) is 0. The Hall–Kier alpha value is -0.370. The highest BCUT2D eigenvalue weighted by Gasteiger charge is 2.06. The van der Waals surface area contributed by atoms with Gasteiger partial charge in [0, 0.05) is 8.59 Å². The number of aromatic nitrogens is 3. The Bertz CT molecular complexity index is 544. The van der Waals surface area contributed by atoms with Crippen LogP contribution in [0.4, 0.5) is 11.6 Å². The van der Waals surface area contributed by atoms with Crippen LogP contribution in [0.25, 0.3) is 0 Å². The van der Waals surface area contributed by atoms with Crippen molar-refractivity contribution in [2.24, 2.45) is 0 Å². The van der Waals surface area contributed by atoms with E-state index >= 15 is 0 Å². The van der Waals surface area contributed by atoms with Crippen molar-refractivity contribution in [3.05, 3.63) is 37.4 Å². The summed E-state index contributed by atoms with van der Waals surface area (Å²) in [6.07, 6.45) is 0. The summed E-state index contributed by atoms with van der Waals surface area (Å²) in [6.45, 7) is 0. The van der Waals surface area contributed by atoms with Crippen LogP contribution in [0.3, 0.4) is 0 Å². The summed E-state index contributed by atoms with van der Waals surface area (Å²) in [6, 6.07) is 5.39. The number of nitrogens with one attached hydrogen (secondary N) is 1. The third-order valence-electron chi connectivity index (χ3n) is 1.76.